The number of aliphatic hydroxyl groups excluding tert-OH is 1. The highest BCUT2D eigenvalue weighted by atomic mass is 19.1. The van der Waals surface area contributed by atoms with Crippen LogP contribution in [0, 0.1) is 5.82 Å². The summed E-state index contributed by atoms with van der Waals surface area (Å²) in [5, 5.41) is 15.9. The maximum atomic E-state index is 12.8. The molecule has 0 aliphatic carbocycles. The number of aromatic nitrogens is 2. The number of aliphatic hydroxyl groups is 1. The minimum atomic E-state index is -0.573. The molecule has 0 fully saturated rings. The normalized spacial score (nSPS) is 12.2. The first kappa shape index (κ1) is 14.2. The van der Waals surface area contributed by atoms with E-state index in [9.17, 15) is 9.18 Å². The molecule has 1 unspecified atom stereocenters. The first-order valence-electron chi connectivity index (χ1n) is 6.30. The lowest BCUT2D eigenvalue weighted by molar-refractivity contribution is -0.120. The van der Waals surface area contributed by atoms with Crippen molar-refractivity contribution in [3.05, 3.63) is 48.0 Å². The second-order valence-electron chi connectivity index (χ2n) is 4.56. The molecule has 2 N–H and O–H groups in total. The van der Waals surface area contributed by atoms with Crippen LogP contribution in [0.15, 0.2) is 36.5 Å². The molecule has 1 amide bonds. The van der Waals surface area contributed by atoms with Crippen LogP contribution in [0.2, 0.25) is 0 Å². The topological polar surface area (TPSA) is 67.2 Å². The third-order valence-corrected chi connectivity index (χ3v) is 2.67. The molecule has 0 bridgehead atoms. The number of nitrogens with zero attached hydrogens (tertiary/aromatic N) is 2. The highest BCUT2D eigenvalue weighted by Gasteiger charge is 2.08. The van der Waals surface area contributed by atoms with Crippen molar-refractivity contribution in [2.75, 3.05) is 6.54 Å². The van der Waals surface area contributed by atoms with Crippen LogP contribution in [0.1, 0.15) is 12.6 Å². The Kier molecular flexibility index (Phi) is 4.47. The maximum absolute atomic E-state index is 12.8. The summed E-state index contributed by atoms with van der Waals surface area (Å²) in [7, 11) is 0. The minimum Gasteiger partial charge on any atom is -0.392 e. The summed E-state index contributed by atoms with van der Waals surface area (Å²) in [4.78, 5) is 11.6. The number of benzene rings is 1. The smallest absolute Gasteiger partial charge is 0.226 e. The van der Waals surface area contributed by atoms with Gasteiger partial charge in [0.15, 0.2) is 0 Å². The Hall–Kier alpha value is -2.21. The van der Waals surface area contributed by atoms with Crippen molar-refractivity contribution in [1.82, 2.24) is 15.1 Å². The molecule has 1 aromatic carbocycles. The predicted octanol–water partition coefficient (Wildman–Crippen LogP) is 1.05. The number of hydrogen-bond donors (Lipinski definition) is 2. The number of halogens is 1. The number of nitrogens with one attached hydrogen (secondary N) is 1. The minimum absolute atomic E-state index is 0.140. The molecule has 0 saturated carbocycles. The number of amides is 1. The van der Waals surface area contributed by atoms with Crippen LogP contribution in [0.25, 0.3) is 5.69 Å². The molecule has 6 heteroatoms. The molecule has 5 nitrogen and oxygen atoms in total. The van der Waals surface area contributed by atoms with Crippen LogP contribution in [0.3, 0.4) is 0 Å². The van der Waals surface area contributed by atoms with Gasteiger partial charge in [0, 0.05) is 12.7 Å². The molecule has 0 spiro atoms. The molecule has 0 aliphatic rings. The molecule has 1 heterocycles. The molecule has 106 valence electrons. The SMILES string of the molecule is CC(O)CNC(=O)Cc1ccn(-c2ccc(F)cc2)n1. The van der Waals surface area contributed by atoms with E-state index in [1.807, 2.05) is 0 Å². The zero-order valence-corrected chi connectivity index (χ0v) is 11.1. The van der Waals surface area contributed by atoms with Crippen molar-refractivity contribution in [1.29, 1.82) is 0 Å². The molecular weight excluding hydrogens is 261 g/mol. The van der Waals surface area contributed by atoms with E-state index < -0.39 is 6.10 Å². The zero-order valence-electron chi connectivity index (χ0n) is 11.1. The van der Waals surface area contributed by atoms with Crippen molar-refractivity contribution in [3.8, 4) is 5.69 Å². The predicted molar refractivity (Wildman–Crippen MR) is 71.9 cm³/mol. The number of hydrogen-bond acceptors (Lipinski definition) is 3. The zero-order chi connectivity index (χ0) is 14.5. The van der Waals surface area contributed by atoms with E-state index >= 15 is 0 Å². The van der Waals surface area contributed by atoms with E-state index in [4.69, 9.17) is 5.11 Å². The highest BCUT2D eigenvalue weighted by Crippen LogP contribution is 2.09. The Morgan fingerprint density at radius 2 is 2.10 bits per heavy atom. The summed E-state index contributed by atoms with van der Waals surface area (Å²) in [5.41, 5.74) is 1.33. The van der Waals surface area contributed by atoms with Gasteiger partial charge in [-0.2, -0.15) is 5.10 Å². The van der Waals surface area contributed by atoms with Gasteiger partial charge in [-0.3, -0.25) is 4.79 Å². The van der Waals surface area contributed by atoms with Gasteiger partial charge in [-0.15, -0.1) is 0 Å². The Labute approximate surface area is 116 Å². The Morgan fingerprint density at radius 1 is 1.40 bits per heavy atom. The van der Waals surface area contributed by atoms with Gasteiger partial charge in [-0.05, 0) is 37.3 Å². The molecule has 0 saturated heterocycles. The van der Waals surface area contributed by atoms with Crippen LogP contribution >= 0.6 is 0 Å². The van der Waals surface area contributed by atoms with E-state index in [2.05, 4.69) is 10.4 Å². The quantitative estimate of drug-likeness (QED) is 0.858. The van der Waals surface area contributed by atoms with E-state index in [1.165, 1.54) is 12.1 Å². The summed E-state index contributed by atoms with van der Waals surface area (Å²) in [6.07, 6.45) is 1.28. The summed E-state index contributed by atoms with van der Waals surface area (Å²) >= 11 is 0. The van der Waals surface area contributed by atoms with E-state index in [1.54, 1.807) is 36.0 Å². The Bertz CT molecular complexity index is 578. The van der Waals surface area contributed by atoms with Crippen molar-refractivity contribution in [2.24, 2.45) is 0 Å². The van der Waals surface area contributed by atoms with Gasteiger partial charge in [0.05, 0.1) is 23.9 Å². The standard InChI is InChI=1S/C14H16FN3O2/c1-10(19)9-16-14(20)8-12-6-7-18(17-12)13-4-2-11(15)3-5-13/h2-7,10,19H,8-9H2,1H3,(H,16,20). The lowest BCUT2D eigenvalue weighted by Crippen LogP contribution is -2.31. The number of carbonyl (C=O) groups excluding carboxylic acids is 1. The molecule has 1 aromatic heterocycles. The molecule has 2 aromatic rings. The van der Waals surface area contributed by atoms with E-state index in [-0.39, 0.29) is 24.7 Å². The summed E-state index contributed by atoms with van der Waals surface area (Å²) in [6.45, 7) is 1.82. The average Bonchev–Trinajstić information content (AvgIpc) is 2.85. The van der Waals surface area contributed by atoms with E-state index in [0.29, 0.717) is 5.69 Å². The summed E-state index contributed by atoms with van der Waals surface area (Å²) < 4.78 is 14.4. The molecule has 0 aliphatic heterocycles. The lowest BCUT2D eigenvalue weighted by atomic mass is 10.3. The maximum Gasteiger partial charge on any atom is 0.226 e. The van der Waals surface area contributed by atoms with Crippen molar-refractivity contribution in [3.63, 3.8) is 0 Å². The average molecular weight is 277 g/mol. The van der Waals surface area contributed by atoms with E-state index in [0.717, 1.165) is 5.69 Å². The second kappa shape index (κ2) is 6.29. The van der Waals surface area contributed by atoms with Gasteiger partial charge in [-0.1, -0.05) is 0 Å². The highest BCUT2D eigenvalue weighted by molar-refractivity contribution is 5.78. The Morgan fingerprint density at radius 3 is 2.75 bits per heavy atom. The van der Waals surface area contributed by atoms with Gasteiger partial charge in [-0.25, -0.2) is 9.07 Å². The monoisotopic (exact) mass is 277 g/mol. The lowest BCUT2D eigenvalue weighted by Gasteiger charge is -2.05. The van der Waals surface area contributed by atoms with Gasteiger partial charge < -0.3 is 10.4 Å². The van der Waals surface area contributed by atoms with Crippen LogP contribution in [0.4, 0.5) is 4.39 Å². The van der Waals surface area contributed by atoms with Gasteiger partial charge >= 0.3 is 0 Å². The van der Waals surface area contributed by atoms with Crippen LogP contribution in [0.5, 0.6) is 0 Å². The number of rotatable bonds is 5. The molecular formula is C14H16FN3O2. The van der Waals surface area contributed by atoms with Crippen LogP contribution < -0.4 is 5.32 Å². The first-order valence-corrected chi connectivity index (χ1v) is 6.30. The molecule has 20 heavy (non-hydrogen) atoms. The van der Waals surface area contributed by atoms with Crippen molar-refractivity contribution < 1.29 is 14.3 Å². The third kappa shape index (κ3) is 3.89. The Balaban J connectivity index is 1.98. The second-order valence-corrected chi connectivity index (χ2v) is 4.56. The molecule has 2 rings (SSSR count). The van der Waals surface area contributed by atoms with Gasteiger partial charge in [0.2, 0.25) is 5.91 Å². The number of carbonyl (C=O) groups is 1. The third-order valence-electron chi connectivity index (χ3n) is 2.67. The first-order chi connectivity index (χ1) is 9.54. The fourth-order valence-corrected chi connectivity index (χ4v) is 1.68. The van der Waals surface area contributed by atoms with Crippen molar-refractivity contribution >= 4 is 5.91 Å². The van der Waals surface area contributed by atoms with Gasteiger partial charge in [0.25, 0.3) is 0 Å². The van der Waals surface area contributed by atoms with Crippen LogP contribution in [-0.2, 0) is 11.2 Å². The summed E-state index contributed by atoms with van der Waals surface area (Å²) in [5.74, 6) is -0.506. The largest absolute Gasteiger partial charge is 0.392 e. The molecule has 0 radical (unpaired) electrons. The fraction of sp³-hybridized carbons (Fsp3) is 0.286. The summed E-state index contributed by atoms with van der Waals surface area (Å²) in [6, 6.07) is 7.66. The molecule has 1 atom stereocenters. The van der Waals surface area contributed by atoms with Crippen molar-refractivity contribution in [2.45, 2.75) is 19.4 Å². The van der Waals surface area contributed by atoms with Gasteiger partial charge in [0.1, 0.15) is 5.82 Å². The van der Waals surface area contributed by atoms with Crippen LogP contribution in [-0.4, -0.2) is 33.4 Å². The fourth-order valence-electron chi connectivity index (χ4n) is 1.68.